The summed E-state index contributed by atoms with van der Waals surface area (Å²) >= 11 is 5.69. The number of amides is 1. The summed E-state index contributed by atoms with van der Waals surface area (Å²) in [6.07, 6.45) is -1.29. The minimum Gasteiger partial charge on any atom is -0.490 e. The molecule has 1 amide bonds. The van der Waals surface area contributed by atoms with E-state index in [0.29, 0.717) is 23.6 Å². The zero-order valence-corrected chi connectivity index (χ0v) is 17.5. The van der Waals surface area contributed by atoms with Crippen molar-refractivity contribution >= 4 is 23.2 Å². The van der Waals surface area contributed by atoms with Crippen LogP contribution in [0.3, 0.4) is 0 Å². The summed E-state index contributed by atoms with van der Waals surface area (Å²) in [5.74, 6) is -1.20. The zero-order valence-electron chi connectivity index (χ0n) is 16.8. The molecule has 3 aromatic rings. The summed E-state index contributed by atoms with van der Waals surface area (Å²) in [6, 6.07) is 8.22. The van der Waals surface area contributed by atoms with Crippen molar-refractivity contribution in [3.63, 3.8) is 0 Å². The van der Waals surface area contributed by atoms with Gasteiger partial charge in [-0.1, -0.05) is 11.6 Å². The van der Waals surface area contributed by atoms with Gasteiger partial charge in [-0.2, -0.15) is 13.2 Å². The molecule has 1 aliphatic rings. The SMILES string of the molecule is O=C(Nc1ccc(Oc2ncc(Cl)cn2)c(F)c1)C1CC(Oc2ccc(C(F)(F)F)cc2)C1. The van der Waals surface area contributed by atoms with Gasteiger partial charge < -0.3 is 14.8 Å². The van der Waals surface area contributed by atoms with Crippen LogP contribution in [-0.4, -0.2) is 22.0 Å². The van der Waals surface area contributed by atoms with Crippen molar-refractivity contribution in [3.8, 4) is 17.5 Å². The zero-order chi connectivity index (χ0) is 23.6. The molecular formula is C22H16ClF4N3O3. The first-order chi connectivity index (χ1) is 15.7. The van der Waals surface area contributed by atoms with Crippen LogP contribution in [0.5, 0.6) is 17.5 Å². The molecule has 0 radical (unpaired) electrons. The number of nitrogens with one attached hydrogen (secondary N) is 1. The molecular weight excluding hydrogens is 466 g/mol. The third-order valence-electron chi connectivity index (χ3n) is 4.95. The predicted molar refractivity (Wildman–Crippen MR) is 111 cm³/mol. The molecule has 1 aliphatic carbocycles. The summed E-state index contributed by atoms with van der Waals surface area (Å²) in [4.78, 5) is 20.0. The molecule has 1 saturated carbocycles. The van der Waals surface area contributed by atoms with Gasteiger partial charge in [0.05, 0.1) is 23.0 Å². The molecule has 0 atom stereocenters. The van der Waals surface area contributed by atoms with E-state index in [0.717, 1.165) is 18.2 Å². The largest absolute Gasteiger partial charge is 0.490 e. The Morgan fingerprint density at radius 3 is 2.33 bits per heavy atom. The number of aromatic nitrogens is 2. The number of hydrogen-bond donors (Lipinski definition) is 1. The van der Waals surface area contributed by atoms with E-state index in [1.165, 1.54) is 36.7 Å². The van der Waals surface area contributed by atoms with Crippen molar-refractivity contribution in [3.05, 3.63) is 71.3 Å². The molecule has 2 aromatic carbocycles. The van der Waals surface area contributed by atoms with Gasteiger partial charge in [0, 0.05) is 17.7 Å². The number of anilines is 1. The lowest BCUT2D eigenvalue weighted by molar-refractivity contribution is -0.137. The lowest BCUT2D eigenvalue weighted by Gasteiger charge is -2.34. The van der Waals surface area contributed by atoms with Crippen LogP contribution in [-0.2, 0) is 11.0 Å². The maximum Gasteiger partial charge on any atom is 0.416 e. The van der Waals surface area contributed by atoms with Crippen molar-refractivity contribution in [2.24, 2.45) is 5.92 Å². The molecule has 11 heteroatoms. The second kappa shape index (κ2) is 9.22. The highest BCUT2D eigenvalue weighted by Crippen LogP contribution is 2.35. The quantitative estimate of drug-likeness (QED) is 0.445. The number of carbonyl (C=O) groups excluding carboxylic acids is 1. The van der Waals surface area contributed by atoms with Crippen LogP contribution in [0.1, 0.15) is 18.4 Å². The lowest BCUT2D eigenvalue weighted by atomic mass is 9.81. The summed E-state index contributed by atoms with van der Waals surface area (Å²) in [6.45, 7) is 0. The molecule has 0 bridgehead atoms. The van der Waals surface area contributed by atoms with Crippen LogP contribution in [0.15, 0.2) is 54.9 Å². The molecule has 6 nitrogen and oxygen atoms in total. The first-order valence-corrected chi connectivity index (χ1v) is 10.1. The Morgan fingerprint density at radius 2 is 1.73 bits per heavy atom. The summed E-state index contributed by atoms with van der Waals surface area (Å²) < 4.78 is 63.0. The second-order valence-corrected chi connectivity index (χ2v) is 7.79. The minimum absolute atomic E-state index is 0.0800. The number of benzene rings is 2. The van der Waals surface area contributed by atoms with Crippen LogP contribution in [0, 0.1) is 11.7 Å². The number of rotatable bonds is 6. The van der Waals surface area contributed by atoms with Crippen molar-refractivity contribution in [1.82, 2.24) is 9.97 Å². The maximum absolute atomic E-state index is 14.3. The minimum atomic E-state index is -4.41. The molecule has 172 valence electrons. The first kappa shape index (κ1) is 22.8. The van der Waals surface area contributed by atoms with Crippen LogP contribution in [0.4, 0.5) is 23.2 Å². The fourth-order valence-electron chi connectivity index (χ4n) is 3.15. The van der Waals surface area contributed by atoms with Crippen molar-refractivity contribution in [2.45, 2.75) is 25.1 Å². The Balaban J connectivity index is 1.27. The van der Waals surface area contributed by atoms with Crippen LogP contribution < -0.4 is 14.8 Å². The Kier molecular flexibility index (Phi) is 6.37. The Bertz CT molecular complexity index is 1140. The van der Waals surface area contributed by atoms with Gasteiger partial charge in [0.1, 0.15) is 11.9 Å². The standard InChI is InChI=1S/C22H16ClF4N3O3/c23-14-10-28-21(29-11-14)33-19-6-3-15(9-18(19)24)30-20(31)12-7-17(8-12)32-16-4-1-13(2-5-16)22(25,26)27/h1-6,9-12,17H,7-8H2,(H,30,31). The molecule has 1 aromatic heterocycles. The van der Waals surface area contributed by atoms with E-state index in [9.17, 15) is 22.4 Å². The molecule has 0 saturated heterocycles. The average molecular weight is 482 g/mol. The molecule has 0 aliphatic heterocycles. The maximum atomic E-state index is 14.3. The van der Waals surface area contributed by atoms with E-state index >= 15 is 0 Å². The third kappa shape index (κ3) is 5.70. The monoisotopic (exact) mass is 481 g/mol. The summed E-state index contributed by atoms with van der Waals surface area (Å²) in [5.41, 5.74) is -0.515. The van der Waals surface area contributed by atoms with Gasteiger partial charge in [-0.05, 0) is 49.2 Å². The van der Waals surface area contributed by atoms with Crippen LogP contribution in [0.2, 0.25) is 5.02 Å². The summed E-state index contributed by atoms with van der Waals surface area (Å²) in [7, 11) is 0. The van der Waals surface area contributed by atoms with E-state index in [4.69, 9.17) is 21.1 Å². The fourth-order valence-corrected chi connectivity index (χ4v) is 3.25. The Morgan fingerprint density at radius 1 is 1.06 bits per heavy atom. The van der Waals surface area contributed by atoms with Gasteiger partial charge >= 0.3 is 12.2 Å². The number of ether oxygens (including phenoxy) is 2. The molecule has 33 heavy (non-hydrogen) atoms. The fraction of sp³-hybridized carbons (Fsp3) is 0.227. The molecule has 4 rings (SSSR count). The predicted octanol–water partition coefficient (Wildman–Crippen LogP) is 5.88. The normalized spacial score (nSPS) is 17.7. The van der Waals surface area contributed by atoms with E-state index in [-0.39, 0.29) is 35.4 Å². The van der Waals surface area contributed by atoms with Gasteiger partial charge in [0.15, 0.2) is 11.6 Å². The van der Waals surface area contributed by atoms with Gasteiger partial charge in [0.2, 0.25) is 5.91 Å². The van der Waals surface area contributed by atoms with Gasteiger partial charge in [0.25, 0.3) is 0 Å². The lowest BCUT2D eigenvalue weighted by Crippen LogP contribution is -2.40. The Labute approximate surface area is 190 Å². The molecule has 1 fully saturated rings. The highest BCUT2D eigenvalue weighted by molar-refractivity contribution is 6.30. The highest BCUT2D eigenvalue weighted by atomic mass is 35.5. The summed E-state index contributed by atoms with van der Waals surface area (Å²) in [5, 5.41) is 2.94. The van der Waals surface area contributed by atoms with Gasteiger partial charge in [-0.25, -0.2) is 14.4 Å². The van der Waals surface area contributed by atoms with E-state index in [1.807, 2.05) is 0 Å². The van der Waals surface area contributed by atoms with Gasteiger partial charge in [-0.3, -0.25) is 4.79 Å². The average Bonchev–Trinajstić information content (AvgIpc) is 2.73. The van der Waals surface area contributed by atoms with Crippen LogP contribution in [0.25, 0.3) is 0 Å². The number of carbonyl (C=O) groups is 1. The third-order valence-corrected chi connectivity index (χ3v) is 5.14. The number of alkyl halides is 3. The Hall–Kier alpha value is -3.40. The van der Waals surface area contributed by atoms with E-state index in [2.05, 4.69) is 15.3 Å². The molecule has 1 N–H and O–H groups in total. The smallest absolute Gasteiger partial charge is 0.416 e. The van der Waals surface area contributed by atoms with E-state index in [1.54, 1.807) is 0 Å². The van der Waals surface area contributed by atoms with Crippen molar-refractivity contribution in [2.75, 3.05) is 5.32 Å². The van der Waals surface area contributed by atoms with Crippen LogP contribution >= 0.6 is 11.6 Å². The number of nitrogens with zero attached hydrogens (tertiary/aromatic N) is 2. The van der Waals surface area contributed by atoms with E-state index < -0.39 is 17.6 Å². The second-order valence-electron chi connectivity index (χ2n) is 7.35. The molecule has 0 unspecified atom stereocenters. The molecule has 0 spiro atoms. The van der Waals surface area contributed by atoms with Crippen molar-refractivity contribution in [1.29, 1.82) is 0 Å². The van der Waals surface area contributed by atoms with Gasteiger partial charge in [-0.15, -0.1) is 0 Å². The highest BCUT2D eigenvalue weighted by Gasteiger charge is 2.36. The van der Waals surface area contributed by atoms with Crippen molar-refractivity contribution < 1.29 is 31.8 Å². The topological polar surface area (TPSA) is 73.3 Å². The number of hydrogen-bond acceptors (Lipinski definition) is 5. The first-order valence-electron chi connectivity index (χ1n) is 9.77. The molecule has 1 heterocycles. The number of halogens is 5.